The fourth-order valence-electron chi connectivity index (χ4n) is 2.62. The fraction of sp³-hybridized carbons (Fsp3) is 0.105. The van der Waals surface area contributed by atoms with Crippen LogP contribution in [0.15, 0.2) is 60.9 Å². The van der Waals surface area contributed by atoms with Crippen molar-refractivity contribution in [2.24, 2.45) is 0 Å². The molecule has 0 radical (unpaired) electrons. The molecule has 4 nitrogen and oxygen atoms in total. The monoisotopic (exact) mass is 341 g/mol. The number of para-hydroxylation sites is 1. The molecule has 0 atom stereocenters. The number of methoxy groups -OCH3 is 2. The summed E-state index contributed by atoms with van der Waals surface area (Å²) in [4.78, 5) is 13.2. The van der Waals surface area contributed by atoms with Crippen LogP contribution in [0.2, 0.25) is 5.02 Å². The molecule has 0 N–H and O–H groups in total. The highest BCUT2D eigenvalue weighted by Gasteiger charge is 2.21. The van der Waals surface area contributed by atoms with E-state index in [1.165, 1.54) is 14.2 Å². The van der Waals surface area contributed by atoms with Crippen molar-refractivity contribution in [1.82, 2.24) is 4.57 Å². The SMILES string of the molecule is COc1cccc(C(=O)c2cc(Cl)ccc2-n2cccc2)c1OC. The summed E-state index contributed by atoms with van der Waals surface area (Å²) in [6.07, 6.45) is 3.76. The van der Waals surface area contributed by atoms with Crippen LogP contribution in [0, 0.1) is 0 Å². The minimum atomic E-state index is -0.183. The summed E-state index contributed by atoms with van der Waals surface area (Å²) in [6.45, 7) is 0. The van der Waals surface area contributed by atoms with Gasteiger partial charge in [0.15, 0.2) is 17.3 Å². The molecule has 0 saturated heterocycles. The summed E-state index contributed by atoms with van der Waals surface area (Å²) in [5.74, 6) is 0.730. The zero-order valence-corrected chi connectivity index (χ0v) is 14.1. The Morgan fingerprint density at radius 3 is 2.38 bits per heavy atom. The predicted octanol–water partition coefficient (Wildman–Crippen LogP) is 4.38. The normalized spacial score (nSPS) is 10.5. The first-order valence-corrected chi connectivity index (χ1v) is 7.72. The lowest BCUT2D eigenvalue weighted by Gasteiger charge is -2.14. The van der Waals surface area contributed by atoms with Crippen LogP contribution in [0.3, 0.4) is 0 Å². The number of ketones is 1. The van der Waals surface area contributed by atoms with Crippen LogP contribution in [0.5, 0.6) is 11.5 Å². The van der Waals surface area contributed by atoms with E-state index in [1.807, 2.05) is 35.2 Å². The maximum Gasteiger partial charge on any atom is 0.199 e. The number of aromatic nitrogens is 1. The molecule has 0 spiro atoms. The Kier molecular flexibility index (Phi) is 4.58. The molecule has 2 aromatic carbocycles. The molecule has 122 valence electrons. The van der Waals surface area contributed by atoms with Gasteiger partial charge >= 0.3 is 0 Å². The maximum atomic E-state index is 13.2. The number of carbonyl (C=O) groups excluding carboxylic acids is 1. The van der Waals surface area contributed by atoms with Crippen LogP contribution in [-0.2, 0) is 0 Å². The maximum absolute atomic E-state index is 13.2. The minimum absolute atomic E-state index is 0.183. The van der Waals surface area contributed by atoms with Crippen molar-refractivity contribution >= 4 is 17.4 Å². The topological polar surface area (TPSA) is 40.5 Å². The number of halogens is 1. The van der Waals surface area contributed by atoms with E-state index in [1.54, 1.807) is 30.3 Å². The van der Waals surface area contributed by atoms with Crippen molar-refractivity contribution in [3.05, 3.63) is 77.1 Å². The van der Waals surface area contributed by atoms with E-state index in [2.05, 4.69) is 0 Å². The summed E-state index contributed by atoms with van der Waals surface area (Å²) in [6, 6.07) is 14.3. The average molecular weight is 342 g/mol. The zero-order valence-electron chi connectivity index (χ0n) is 13.3. The van der Waals surface area contributed by atoms with Gasteiger partial charge in [-0.2, -0.15) is 0 Å². The number of nitrogens with zero attached hydrogens (tertiary/aromatic N) is 1. The van der Waals surface area contributed by atoms with Gasteiger partial charge in [0, 0.05) is 23.0 Å². The summed E-state index contributed by atoms with van der Waals surface area (Å²) in [5.41, 5.74) is 1.66. The summed E-state index contributed by atoms with van der Waals surface area (Å²) in [7, 11) is 3.05. The van der Waals surface area contributed by atoms with Gasteiger partial charge in [-0.1, -0.05) is 17.7 Å². The molecule has 0 aliphatic heterocycles. The first-order valence-electron chi connectivity index (χ1n) is 7.34. The van der Waals surface area contributed by atoms with Gasteiger partial charge in [0.2, 0.25) is 0 Å². The summed E-state index contributed by atoms with van der Waals surface area (Å²) >= 11 is 6.12. The Labute approximate surface area is 145 Å². The van der Waals surface area contributed by atoms with Gasteiger partial charge in [-0.25, -0.2) is 0 Å². The molecular weight excluding hydrogens is 326 g/mol. The third kappa shape index (κ3) is 2.88. The van der Waals surface area contributed by atoms with Gasteiger partial charge in [0.05, 0.1) is 25.5 Å². The molecule has 0 fully saturated rings. The van der Waals surface area contributed by atoms with E-state index in [0.29, 0.717) is 27.6 Å². The van der Waals surface area contributed by atoms with Gasteiger partial charge in [0.1, 0.15) is 0 Å². The van der Waals surface area contributed by atoms with E-state index in [0.717, 1.165) is 5.69 Å². The fourth-order valence-corrected chi connectivity index (χ4v) is 2.79. The molecule has 1 aromatic heterocycles. The van der Waals surface area contributed by atoms with E-state index in [4.69, 9.17) is 21.1 Å². The Bertz CT molecular complexity index is 872. The quantitative estimate of drug-likeness (QED) is 0.647. The molecule has 0 unspecified atom stereocenters. The Morgan fingerprint density at radius 2 is 1.71 bits per heavy atom. The lowest BCUT2D eigenvalue weighted by Crippen LogP contribution is -2.09. The number of hydrogen-bond acceptors (Lipinski definition) is 3. The molecule has 0 aliphatic carbocycles. The van der Waals surface area contributed by atoms with Crippen LogP contribution >= 0.6 is 11.6 Å². The van der Waals surface area contributed by atoms with Crippen molar-refractivity contribution in [3.8, 4) is 17.2 Å². The summed E-state index contributed by atoms with van der Waals surface area (Å²) in [5, 5.41) is 0.496. The molecule has 0 amide bonds. The molecule has 24 heavy (non-hydrogen) atoms. The van der Waals surface area contributed by atoms with Crippen molar-refractivity contribution in [3.63, 3.8) is 0 Å². The van der Waals surface area contributed by atoms with Crippen LogP contribution in [0.25, 0.3) is 5.69 Å². The van der Waals surface area contributed by atoms with Crippen LogP contribution in [0.4, 0.5) is 0 Å². The van der Waals surface area contributed by atoms with Gasteiger partial charge < -0.3 is 14.0 Å². The van der Waals surface area contributed by atoms with Crippen molar-refractivity contribution in [1.29, 1.82) is 0 Å². The highest BCUT2D eigenvalue weighted by atomic mass is 35.5. The van der Waals surface area contributed by atoms with Gasteiger partial charge in [-0.15, -0.1) is 0 Å². The first-order chi connectivity index (χ1) is 11.7. The van der Waals surface area contributed by atoms with E-state index < -0.39 is 0 Å². The molecule has 5 heteroatoms. The number of ether oxygens (including phenoxy) is 2. The number of rotatable bonds is 5. The zero-order chi connectivity index (χ0) is 17.1. The van der Waals surface area contributed by atoms with Gasteiger partial charge in [0.25, 0.3) is 0 Å². The Hall–Kier alpha value is -2.72. The Balaban J connectivity index is 2.17. The molecule has 1 heterocycles. The number of carbonyl (C=O) groups is 1. The number of benzene rings is 2. The summed E-state index contributed by atoms with van der Waals surface area (Å²) < 4.78 is 12.5. The van der Waals surface area contributed by atoms with Crippen molar-refractivity contribution in [2.75, 3.05) is 14.2 Å². The molecule has 0 bridgehead atoms. The van der Waals surface area contributed by atoms with Crippen LogP contribution in [-0.4, -0.2) is 24.6 Å². The van der Waals surface area contributed by atoms with Gasteiger partial charge in [-0.3, -0.25) is 4.79 Å². The lowest BCUT2D eigenvalue weighted by atomic mass is 10.00. The van der Waals surface area contributed by atoms with Crippen LogP contribution in [0.1, 0.15) is 15.9 Å². The second kappa shape index (κ2) is 6.81. The highest BCUT2D eigenvalue weighted by molar-refractivity contribution is 6.31. The van der Waals surface area contributed by atoms with E-state index in [9.17, 15) is 4.79 Å². The largest absolute Gasteiger partial charge is 0.493 e. The standard InChI is InChI=1S/C19H16ClNO3/c1-23-17-7-5-6-14(19(17)24-2)18(22)15-12-13(20)8-9-16(15)21-10-3-4-11-21/h3-12H,1-2H3. The smallest absolute Gasteiger partial charge is 0.199 e. The molecule has 0 saturated carbocycles. The van der Waals surface area contributed by atoms with Gasteiger partial charge in [-0.05, 0) is 42.5 Å². The second-order valence-corrected chi connectivity index (χ2v) is 5.56. The second-order valence-electron chi connectivity index (χ2n) is 5.12. The van der Waals surface area contributed by atoms with E-state index in [-0.39, 0.29) is 5.78 Å². The van der Waals surface area contributed by atoms with Crippen molar-refractivity contribution in [2.45, 2.75) is 0 Å². The molecule has 0 aliphatic rings. The van der Waals surface area contributed by atoms with Crippen LogP contribution < -0.4 is 9.47 Å². The third-order valence-corrected chi connectivity index (χ3v) is 3.97. The highest BCUT2D eigenvalue weighted by Crippen LogP contribution is 2.33. The molecule has 3 aromatic rings. The molecular formula is C19H16ClNO3. The molecule has 3 rings (SSSR count). The minimum Gasteiger partial charge on any atom is -0.493 e. The predicted molar refractivity (Wildman–Crippen MR) is 93.8 cm³/mol. The first kappa shape index (κ1) is 16.1. The average Bonchev–Trinajstić information content (AvgIpc) is 3.14. The number of hydrogen-bond donors (Lipinski definition) is 0. The Morgan fingerprint density at radius 1 is 0.958 bits per heavy atom. The third-order valence-electron chi connectivity index (χ3n) is 3.73. The van der Waals surface area contributed by atoms with Crippen molar-refractivity contribution < 1.29 is 14.3 Å². The lowest BCUT2D eigenvalue weighted by molar-refractivity contribution is 0.103. The van der Waals surface area contributed by atoms with E-state index >= 15 is 0 Å².